The van der Waals surface area contributed by atoms with Gasteiger partial charge in [0, 0.05) is 41.7 Å². The minimum absolute atomic E-state index is 0.153. The first kappa shape index (κ1) is 18.5. The summed E-state index contributed by atoms with van der Waals surface area (Å²) in [5.41, 5.74) is 2.39. The highest BCUT2D eigenvalue weighted by Crippen LogP contribution is 2.30. The van der Waals surface area contributed by atoms with Crippen LogP contribution in [-0.4, -0.2) is 32.4 Å². The summed E-state index contributed by atoms with van der Waals surface area (Å²) in [7, 11) is 0. The van der Waals surface area contributed by atoms with Crippen molar-refractivity contribution in [3.05, 3.63) is 76.1 Å². The minimum atomic E-state index is -0.635. The van der Waals surface area contributed by atoms with Crippen LogP contribution in [0.2, 0.25) is 0 Å². The predicted octanol–water partition coefficient (Wildman–Crippen LogP) is 3.68. The Bertz CT molecular complexity index is 1350. The Kier molecular flexibility index (Phi) is 4.16. The number of hydrogen-bond donors (Lipinski definition) is 0. The van der Waals surface area contributed by atoms with Gasteiger partial charge in [-0.05, 0) is 50.6 Å². The fourth-order valence-corrected chi connectivity index (χ4v) is 4.08. The van der Waals surface area contributed by atoms with Crippen molar-refractivity contribution in [2.45, 2.75) is 20.3 Å². The molecule has 0 amide bonds. The molecule has 1 saturated heterocycles. The van der Waals surface area contributed by atoms with E-state index in [4.69, 9.17) is 0 Å². The van der Waals surface area contributed by atoms with Crippen LogP contribution in [0, 0.1) is 25.5 Å². The lowest BCUT2D eigenvalue weighted by Gasteiger charge is -2.33. The van der Waals surface area contributed by atoms with Crippen LogP contribution in [0.4, 0.5) is 14.5 Å². The first-order chi connectivity index (χ1) is 14.5. The Morgan fingerprint density at radius 3 is 2.50 bits per heavy atom. The third kappa shape index (κ3) is 2.71. The molecule has 1 aliphatic heterocycles. The summed E-state index contributed by atoms with van der Waals surface area (Å²) in [6.45, 7) is 5.46. The van der Waals surface area contributed by atoms with E-state index in [-0.39, 0.29) is 11.6 Å². The fourth-order valence-electron chi connectivity index (χ4n) is 4.08. The van der Waals surface area contributed by atoms with E-state index in [1.807, 2.05) is 17.6 Å². The highest BCUT2D eigenvalue weighted by Gasteiger charge is 2.21. The van der Waals surface area contributed by atoms with Crippen molar-refractivity contribution in [3.63, 3.8) is 0 Å². The van der Waals surface area contributed by atoms with E-state index in [0.717, 1.165) is 35.6 Å². The molecular formula is C22H19F2N5O. The van der Waals surface area contributed by atoms with Gasteiger partial charge in [-0.3, -0.25) is 4.79 Å². The molecule has 0 saturated carbocycles. The first-order valence-electron chi connectivity index (χ1n) is 9.72. The summed E-state index contributed by atoms with van der Waals surface area (Å²) in [4.78, 5) is 19.3. The van der Waals surface area contributed by atoms with Gasteiger partial charge in [0.2, 0.25) is 0 Å². The molecule has 0 radical (unpaired) electrons. The number of halogens is 2. The molecule has 0 atom stereocenters. The average molecular weight is 407 g/mol. The van der Waals surface area contributed by atoms with Gasteiger partial charge in [0.25, 0.3) is 5.56 Å². The van der Waals surface area contributed by atoms with Crippen LogP contribution in [0.25, 0.3) is 22.3 Å². The Labute approximate surface area is 171 Å². The molecule has 30 heavy (non-hydrogen) atoms. The maximum atomic E-state index is 14.4. The van der Waals surface area contributed by atoms with Gasteiger partial charge < -0.3 is 9.47 Å². The van der Waals surface area contributed by atoms with Crippen molar-refractivity contribution in [3.8, 4) is 11.5 Å². The maximum absolute atomic E-state index is 14.4. The molecule has 5 rings (SSSR count). The van der Waals surface area contributed by atoms with E-state index in [9.17, 15) is 13.6 Å². The lowest BCUT2D eigenvalue weighted by atomic mass is 10.1. The Hall–Kier alpha value is -3.55. The third-order valence-corrected chi connectivity index (χ3v) is 5.69. The van der Waals surface area contributed by atoms with Crippen LogP contribution < -0.4 is 10.5 Å². The van der Waals surface area contributed by atoms with E-state index >= 15 is 0 Å². The van der Waals surface area contributed by atoms with Crippen molar-refractivity contribution < 1.29 is 8.78 Å². The summed E-state index contributed by atoms with van der Waals surface area (Å²) in [6, 6.07) is 7.58. The molecule has 0 spiro atoms. The Morgan fingerprint density at radius 2 is 1.80 bits per heavy atom. The molecule has 0 unspecified atom stereocenters. The van der Waals surface area contributed by atoms with Crippen molar-refractivity contribution in [1.82, 2.24) is 19.3 Å². The fraction of sp³-hybridized carbons (Fsp3) is 0.227. The molecule has 4 heterocycles. The third-order valence-electron chi connectivity index (χ3n) is 5.69. The SMILES string of the molecule is Cc1c2cnn(-c3ncccc3F)c(=O)c2c(C)n1-c1cc(F)cc(N2CCC2)c1. The number of hydrogen-bond acceptors (Lipinski definition) is 4. The van der Waals surface area contributed by atoms with Crippen LogP contribution in [0.1, 0.15) is 17.8 Å². The molecule has 4 aromatic rings. The standard InChI is InChI=1S/C22H19F2N5O/c1-13-18-12-26-29(21-19(24)5-3-6-25-21)22(30)20(18)14(2)28(13)17-10-15(23)9-16(11-17)27-7-4-8-27/h3,5-6,9-12H,4,7-8H2,1-2H3. The van der Waals surface area contributed by atoms with Crippen molar-refractivity contribution in [2.75, 3.05) is 18.0 Å². The summed E-state index contributed by atoms with van der Waals surface area (Å²) in [5, 5.41) is 5.18. The highest BCUT2D eigenvalue weighted by atomic mass is 19.1. The quantitative estimate of drug-likeness (QED) is 0.520. The van der Waals surface area contributed by atoms with Gasteiger partial charge in [-0.15, -0.1) is 0 Å². The van der Waals surface area contributed by atoms with E-state index in [2.05, 4.69) is 15.0 Å². The Morgan fingerprint density at radius 1 is 1.03 bits per heavy atom. The Balaban J connectivity index is 1.74. The van der Waals surface area contributed by atoms with Gasteiger partial charge in [-0.2, -0.15) is 9.78 Å². The normalized spacial score (nSPS) is 13.7. The minimum Gasteiger partial charge on any atom is -0.371 e. The van der Waals surface area contributed by atoms with Gasteiger partial charge in [0.05, 0.1) is 17.3 Å². The van der Waals surface area contributed by atoms with Crippen molar-refractivity contribution >= 4 is 16.5 Å². The van der Waals surface area contributed by atoms with Gasteiger partial charge >= 0.3 is 0 Å². The number of fused-ring (bicyclic) bond motifs is 1. The van der Waals surface area contributed by atoms with Gasteiger partial charge in [-0.25, -0.2) is 13.8 Å². The zero-order valence-electron chi connectivity index (χ0n) is 16.6. The van der Waals surface area contributed by atoms with Crippen LogP contribution >= 0.6 is 0 Å². The molecule has 6 nitrogen and oxygen atoms in total. The molecule has 1 aliphatic rings. The molecule has 8 heteroatoms. The van der Waals surface area contributed by atoms with E-state index in [1.165, 1.54) is 36.7 Å². The number of aryl methyl sites for hydroxylation is 2. The average Bonchev–Trinajstić information content (AvgIpc) is 2.92. The number of benzene rings is 1. The molecule has 0 aliphatic carbocycles. The van der Waals surface area contributed by atoms with Gasteiger partial charge in [0.15, 0.2) is 11.6 Å². The van der Waals surface area contributed by atoms with Gasteiger partial charge in [0.1, 0.15) is 5.82 Å². The first-order valence-corrected chi connectivity index (χ1v) is 9.72. The number of nitrogens with zero attached hydrogens (tertiary/aromatic N) is 5. The summed E-state index contributed by atoms with van der Waals surface area (Å²) in [5.74, 6) is -1.12. The molecule has 152 valence electrons. The second-order valence-corrected chi connectivity index (χ2v) is 7.47. The second kappa shape index (κ2) is 6.76. The van der Waals surface area contributed by atoms with Crippen LogP contribution in [0.3, 0.4) is 0 Å². The lowest BCUT2D eigenvalue weighted by molar-refractivity contribution is 0.595. The number of anilines is 1. The summed E-state index contributed by atoms with van der Waals surface area (Å²) < 4.78 is 31.4. The van der Waals surface area contributed by atoms with Crippen LogP contribution in [0.15, 0.2) is 47.5 Å². The van der Waals surface area contributed by atoms with Crippen LogP contribution in [-0.2, 0) is 0 Å². The van der Waals surface area contributed by atoms with Crippen molar-refractivity contribution in [1.29, 1.82) is 0 Å². The maximum Gasteiger partial charge on any atom is 0.282 e. The molecular weight excluding hydrogens is 388 g/mol. The largest absolute Gasteiger partial charge is 0.371 e. The monoisotopic (exact) mass is 407 g/mol. The second-order valence-electron chi connectivity index (χ2n) is 7.47. The highest BCUT2D eigenvalue weighted by molar-refractivity contribution is 5.88. The molecule has 1 fully saturated rings. The number of aromatic nitrogens is 4. The zero-order valence-corrected chi connectivity index (χ0v) is 16.6. The predicted molar refractivity (Wildman–Crippen MR) is 111 cm³/mol. The van der Waals surface area contributed by atoms with Gasteiger partial charge in [-0.1, -0.05) is 0 Å². The topological polar surface area (TPSA) is 56.0 Å². The lowest BCUT2D eigenvalue weighted by Crippen LogP contribution is -2.37. The molecule has 0 N–H and O–H groups in total. The van der Waals surface area contributed by atoms with E-state index < -0.39 is 11.4 Å². The van der Waals surface area contributed by atoms with Crippen molar-refractivity contribution in [2.24, 2.45) is 0 Å². The van der Waals surface area contributed by atoms with E-state index in [0.29, 0.717) is 22.2 Å². The number of pyridine rings is 1. The smallest absolute Gasteiger partial charge is 0.282 e. The number of rotatable bonds is 3. The van der Waals surface area contributed by atoms with E-state index in [1.54, 1.807) is 6.92 Å². The zero-order chi connectivity index (χ0) is 21.0. The summed E-state index contributed by atoms with van der Waals surface area (Å²) in [6.07, 6.45) is 4.02. The molecule has 3 aromatic heterocycles. The van der Waals surface area contributed by atoms with Crippen LogP contribution in [0.5, 0.6) is 0 Å². The molecule has 0 bridgehead atoms. The molecule has 1 aromatic carbocycles. The summed E-state index contributed by atoms with van der Waals surface area (Å²) >= 11 is 0.